The molecule has 0 amide bonds. The zero-order valence-electron chi connectivity index (χ0n) is 10.9. The summed E-state index contributed by atoms with van der Waals surface area (Å²) in [5, 5.41) is 0. The summed E-state index contributed by atoms with van der Waals surface area (Å²) in [6.07, 6.45) is 2.50. The van der Waals surface area contributed by atoms with Crippen molar-refractivity contribution in [1.29, 1.82) is 0 Å². The van der Waals surface area contributed by atoms with E-state index in [2.05, 4.69) is 0 Å². The van der Waals surface area contributed by atoms with Crippen LogP contribution in [0.25, 0.3) is 0 Å². The number of benzene rings is 1. The quantitative estimate of drug-likeness (QED) is 0.585. The van der Waals surface area contributed by atoms with Crippen molar-refractivity contribution in [2.45, 2.75) is 20.3 Å². The second-order valence-electron chi connectivity index (χ2n) is 4.42. The summed E-state index contributed by atoms with van der Waals surface area (Å²) in [5.74, 6) is 0.793. The maximum absolute atomic E-state index is 10.9. The molecule has 5 heteroatoms. The Bertz CT molecular complexity index is 509. The summed E-state index contributed by atoms with van der Waals surface area (Å²) < 4.78 is 27.4. The number of rotatable bonds is 6. The fourth-order valence-electron chi connectivity index (χ4n) is 1.72. The molecule has 0 unspecified atom stereocenters. The Labute approximate surface area is 108 Å². The highest BCUT2D eigenvalue weighted by molar-refractivity contribution is 7.90. The molecule has 0 aliphatic heterocycles. The van der Waals surface area contributed by atoms with Gasteiger partial charge in [-0.15, -0.1) is 0 Å². The molecule has 100 valence electrons. The number of sulfone groups is 1. The van der Waals surface area contributed by atoms with Gasteiger partial charge in [-0.05, 0) is 43.5 Å². The Hall–Kier alpha value is -1.36. The van der Waals surface area contributed by atoms with Gasteiger partial charge in [-0.1, -0.05) is 0 Å². The topological polar surface area (TPSA) is 60.4 Å². The van der Waals surface area contributed by atoms with Crippen LogP contribution in [0.4, 0.5) is 0 Å². The molecule has 0 atom stereocenters. The van der Waals surface area contributed by atoms with Crippen molar-refractivity contribution >= 4 is 16.1 Å². The lowest BCUT2D eigenvalue weighted by Crippen LogP contribution is -2.08. The van der Waals surface area contributed by atoms with Crippen molar-refractivity contribution in [3.63, 3.8) is 0 Å². The van der Waals surface area contributed by atoms with Crippen LogP contribution in [0.2, 0.25) is 0 Å². The van der Waals surface area contributed by atoms with Crippen LogP contribution in [-0.4, -0.2) is 33.3 Å². The van der Waals surface area contributed by atoms with Crippen molar-refractivity contribution < 1.29 is 17.9 Å². The molecule has 0 saturated carbocycles. The van der Waals surface area contributed by atoms with Gasteiger partial charge in [0, 0.05) is 11.8 Å². The van der Waals surface area contributed by atoms with Gasteiger partial charge in [0.15, 0.2) is 6.29 Å². The zero-order valence-corrected chi connectivity index (χ0v) is 11.7. The number of hydrogen-bond acceptors (Lipinski definition) is 4. The minimum Gasteiger partial charge on any atom is -0.494 e. The fourth-order valence-corrected chi connectivity index (χ4v) is 2.36. The van der Waals surface area contributed by atoms with Gasteiger partial charge in [0.2, 0.25) is 0 Å². The second-order valence-corrected chi connectivity index (χ2v) is 6.68. The lowest BCUT2D eigenvalue weighted by molar-refractivity contribution is 0.112. The molecule has 0 bridgehead atoms. The average Bonchev–Trinajstić information content (AvgIpc) is 2.23. The largest absolute Gasteiger partial charge is 0.494 e. The summed E-state index contributed by atoms with van der Waals surface area (Å²) in [5.41, 5.74) is 2.41. The maximum atomic E-state index is 10.9. The lowest BCUT2D eigenvalue weighted by atomic mass is 10.0. The van der Waals surface area contributed by atoms with Crippen molar-refractivity contribution in [2.75, 3.05) is 18.6 Å². The van der Waals surface area contributed by atoms with Crippen LogP contribution in [0, 0.1) is 13.8 Å². The number of carbonyl (C=O) groups excluding carboxylic acids is 1. The van der Waals surface area contributed by atoms with Gasteiger partial charge in [0.05, 0.1) is 12.4 Å². The molecule has 0 aliphatic rings. The number of aldehydes is 1. The first kappa shape index (κ1) is 14.7. The van der Waals surface area contributed by atoms with E-state index in [0.29, 0.717) is 24.3 Å². The third-order valence-electron chi connectivity index (χ3n) is 2.61. The van der Waals surface area contributed by atoms with E-state index < -0.39 is 9.84 Å². The molecule has 0 aromatic heterocycles. The summed E-state index contributed by atoms with van der Waals surface area (Å²) in [7, 11) is -2.93. The molecule has 18 heavy (non-hydrogen) atoms. The van der Waals surface area contributed by atoms with E-state index in [1.54, 1.807) is 12.1 Å². The van der Waals surface area contributed by atoms with E-state index in [9.17, 15) is 13.2 Å². The molecule has 1 aromatic rings. The van der Waals surface area contributed by atoms with Gasteiger partial charge in [-0.3, -0.25) is 4.79 Å². The third-order valence-corrected chi connectivity index (χ3v) is 3.64. The first-order valence-electron chi connectivity index (χ1n) is 5.70. The minimum atomic E-state index is -2.93. The third kappa shape index (κ3) is 4.49. The molecule has 0 fully saturated rings. The Morgan fingerprint density at radius 3 is 2.22 bits per heavy atom. The molecule has 0 radical (unpaired) electrons. The smallest absolute Gasteiger partial charge is 0.150 e. The number of aryl methyl sites for hydroxylation is 2. The van der Waals surface area contributed by atoms with E-state index in [1.165, 1.54) is 6.26 Å². The Balaban J connectivity index is 2.61. The standard InChI is InChI=1S/C13H18O4S/c1-10-7-12(8-11(2)13(10)9-14)17-5-4-6-18(3,15)16/h7-9H,4-6H2,1-3H3. The number of carbonyl (C=O) groups is 1. The molecule has 0 aliphatic carbocycles. The van der Waals surface area contributed by atoms with E-state index in [4.69, 9.17) is 4.74 Å². The van der Waals surface area contributed by atoms with Crippen LogP contribution < -0.4 is 4.74 Å². The molecular weight excluding hydrogens is 252 g/mol. The monoisotopic (exact) mass is 270 g/mol. The van der Waals surface area contributed by atoms with E-state index in [0.717, 1.165) is 17.4 Å². The minimum absolute atomic E-state index is 0.122. The first-order chi connectivity index (χ1) is 8.33. The van der Waals surface area contributed by atoms with E-state index in [1.807, 2.05) is 13.8 Å². The van der Waals surface area contributed by atoms with Crippen LogP contribution >= 0.6 is 0 Å². The summed E-state index contributed by atoms with van der Waals surface area (Å²) in [4.78, 5) is 10.8. The van der Waals surface area contributed by atoms with Crippen molar-refractivity contribution in [2.24, 2.45) is 0 Å². The predicted octanol–water partition coefficient (Wildman–Crippen LogP) is 1.93. The molecule has 1 rings (SSSR count). The Morgan fingerprint density at radius 1 is 1.22 bits per heavy atom. The lowest BCUT2D eigenvalue weighted by Gasteiger charge is -2.10. The molecule has 0 N–H and O–H groups in total. The molecule has 0 spiro atoms. The highest BCUT2D eigenvalue weighted by Crippen LogP contribution is 2.20. The normalized spacial score (nSPS) is 11.3. The van der Waals surface area contributed by atoms with Gasteiger partial charge in [-0.2, -0.15) is 0 Å². The summed E-state index contributed by atoms with van der Waals surface area (Å²) in [6, 6.07) is 3.58. The average molecular weight is 270 g/mol. The van der Waals surface area contributed by atoms with Gasteiger partial charge >= 0.3 is 0 Å². The highest BCUT2D eigenvalue weighted by Gasteiger charge is 2.06. The predicted molar refractivity (Wildman–Crippen MR) is 71.1 cm³/mol. The van der Waals surface area contributed by atoms with Gasteiger partial charge in [0.25, 0.3) is 0 Å². The molecule has 1 aromatic carbocycles. The molecule has 0 heterocycles. The SMILES string of the molecule is Cc1cc(OCCCS(C)(=O)=O)cc(C)c1C=O. The van der Waals surface area contributed by atoms with Crippen LogP contribution in [0.15, 0.2) is 12.1 Å². The Morgan fingerprint density at radius 2 is 1.78 bits per heavy atom. The van der Waals surface area contributed by atoms with Crippen molar-refractivity contribution in [3.05, 3.63) is 28.8 Å². The first-order valence-corrected chi connectivity index (χ1v) is 7.76. The maximum Gasteiger partial charge on any atom is 0.150 e. The van der Waals surface area contributed by atoms with Crippen LogP contribution in [0.5, 0.6) is 5.75 Å². The van der Waals surface area contributed by atoms with Crippen molar-refractivity contribution in [1.82, 2.24) is 0 Å². The second kappa shape index (κ2) is 6.00. The highest BCUT2D eigenvalue weighted by atomic mass is 32.2. The summed E-state index contributed by atoms with van der Waals surface area (Å²) >= 11 is 0. The van der Waals surface area contributed by atoms with Gasteiger partial charge < -0.3 is 4.74 Å². The number of ether oxygens (including phenoxy) is 1. The van der Waals surface area contributed by atoms with Gasteiger partial charge in [-0.25, -0.2) is 8.42 Å². The van der Waals surface area contributed by atoms with Crippen molar-refractivity contribution in [3.8, 4) is 5.75 Å². The van der Waals surface area contributed by atoms with Gasteiger partial charge in [0.1, 0.15) is 15.6 Å². The van der Waals surface area contributed by atoms with Crippen LogP contribution in [-0.2, 0) is 9.84 Å². The van der Waals surface area contributed by atoms with Crippen LogP contribution in [0.1, 0.15) is 27.9 Å². The Kier molecular flexibility index (Phi) is 4.90. The van der Waals surface area contributed by atoms with E-state index in [-0.39, 0.29) is 5.75 Å². The molecule has 4 nitrogen and oxygen atoms in total. The fraction of sp³-hybridized carbons (Fsp3) is 0.462. The van der Waals surface area contributed by atoms with E-state index >= 15 is 0 Å². The molecule has 0 saturated heterocycles. The summed E-state index contributed by atoms with van der Waals surface area (Å²) in [6.45, 7) is 4.05. The van der Waals surface area contributed by atoms with Crippen LogP contribution in [0.3, 0.4) is 0 Å². The zero-order chi connectivity index (χ0) is 13.8. The number of hydrogen-bond donors (Lipinski definition) is 0. The molecular formula is C13H18O4S.